The van der Waals surface area contributed by atoms with Gasteiger partial charge in [0.15, 0.2) is 0 Å². The molecule has 0 N–H and O–H groups in total. The van der Waals surface area contributed by atoms with Crippen LogP contribution in [0.5, 0.6) is 0 Å². The van der Waals surface area contributed by atoms with Gasteiger partial charge in [0, 0.05) is 0 Å². The molecule has 0 unspecified atom stereocenters. The SMILES string of the molecule is c1ccc2c(c1)ccc1c3cccc4c5cc6c7c8ccccc8ccc7c7cccc(c5cc(c21)c43)c76. The molecule has 0 aliphatic rings. The highest BCUT2D eigenvalue weighted by Gasteiger charge is 2.20. The monoisotopic (exact) mass is 476 g/mol. The Labute approximate surface area is 218 Å². The van der Waals surface area contributed by atoms with Crippen molar-refractivity contribution in [2.24, 2.45) is 0 Å². The average Bonchev–Trinajstić information content (AvgIpc) is 3.48. The molecule has 0 saturated heterocycles. The van der Waals surface area contributed by atoms with Crippen LogP contribution in [0, 0.1) is 0 Å². The summed E-state index contributed by atoms with van der Waals surface area (Å²) in [6, 6.07) is 45.6. The summed E-state index contributed by atoms with van der Waals surface area (Å²) < 4.78 is 0. The molecule has 0 aliphatic heterocycles. The van der Waals surface area contributed by atoms with Crippen LogP contribution in [0.3, 0.4) is 0 Å². The summed E-state index contributed by atoms with van der Waals surface area (Å²) in [4.78, 5) is 0. The molecule has 0 saturated carbocycles. The minimum atomic E-state index is 1.30. The molecular weight excluding hydrogens is 456 g/mol. The summed E-state index contributed by atoms with van der Waals surface area (Å²) in [5.41, 5.74) is 0. The fourth-order valence-electron chi connectivity index (χ4n) is 7.58. The van der Waals surface area contributed by atoms with Gasteiger partial charge in [-0.05, 0) is 109 Å². The van der Waals surface area contributed by atoms with Crippen molar-refractivity contribution in [2.75, 3.05) is 0 Å². The van der Waals surface area contributed by atoms with Crippen molar-refractivity contribution in [1.29, 1.82) is 0 Å². The lowest BCUT2D eigenvalue weighted by atomic mass is 9.93. The third-order valence-corrected chi connectivity index (χ3v) is 9.09. The molecule has 0 heteroatoms. The Hall–Kier alpha value is -4.94. The summed E-state index contributed by atoms with van der Waals surface area (Å²) in [6.07, 6.45) is 0. The van der Waals surface area contributed by atoms with E-state index in [0.717, 1.165) is 0 Å². The fraction of sp³-hybridized carbons (Fsp3) is 0. The summed E-state index contributed by atoms with van der Waals surface area (Å²) in [7, 11) is 0. The molecular formula is C38H20. The Bertz CT molecular complexity index is 2420. The van der Waals surface area contributed by atoms with E-state index in [0.29, 0.717) is 0 Å². The minimum Gasteiger partial charge on any atom is -0.0616 e. The molecule has 0 amide bonds. The highest BCUT2D eigenvalue weighted by atomic mass is 14.2. The highest BCUT2D eigenvalue weighted by Crippen LogP contribution is 2.49. The van der Waals surface area contributed by atoms with Crippen molar-refractivity contribution >= 4 is 97.0 Å². The smallest absolute Gasteiger partial charge is 0.00197 e. The van der Waals surface area contributed by atoms with Gasteiger partial charge in [-0.3, -0.25) is 0 Å². The van der Waals surface area contributed by atoms with Crippen molar-refractivity contribution in [3.63, 3.8) is 0 Å². The van der Waals surface area contributed by atoms with Crippen LogP contribution in [0.1, 0.15) is 0 Å². The number of hydrogen-bond donors (Lipinski definition) is 0. The normalized spacial score (nSPS) is 12.7. The maximum absolute atomic E-state index is 2.49. The molecule has 0 nitrogen and oxygen atoms in total. The van der Waals surface area contributed by atoms with Gasteiger partial charge in [-0.15, -0.1) is 0 Å². The van der Waals surface area contributed by atoms with E-state index in [1.165, 1.54) is 97.0 Å². The van der Waals surface area contributed by atoms with E-state index < -0.39 is 0 Å². The molecule has 0 spiro atoms. The van der Waals surface area contributed by atoms with E-state index in [1.54, 1.807) is 0 Å². The Morgan fingerprint density at radius 1 is 0.211 bits per heavy atom. The van der Waals surface area contributed by atoms with Gasteiger partial charge in [-0.1, -0.05) is 109 Å². The van der Waals surface area contributed by atoms with Crippen molar-refractivity contribution in [3.8, 4) is 0 Å². The van der Waals surface area contributed by atoms with Gasteiger partial charge in [0.2, 0.25) is 0 Å². The number of hydrogen-bond acceptors (Lipinski definition) is 0. The van der Waals surface area contributed by atoms with E-state index in [9.17, 15) is 0 Å². The van der Waals surface area contributed by atoms with Crippen molar-refractivity contribution in [3.05, 3.63) is 121 Å². The van der Waals surface area contributed by atoms with Crippen LogP contribution in [0.25, 0.3) is 97.0 Å². The lowest BCUT2D eigenvalue weighted by Crippen LogP contribution is -1.82. The molecule has 10 rings (SSSR count). The second kappa shape index (κ2) is 6.49. The first-order valence-electron chi connectivity index (χ1n) is 13.4. The van der Waals surface area contributed by atoms with Crippen LogP contribution in [0.15, 0.2) is 121 Å². The molecule has 0 heterocycles. The van der Waals surface area contributed by atoms with Crippen molar-refractivity contribution in [1.82, 2.24) is 0 Å². The van der Waals surface area contributed by atoms with E-state index in [-0.39, 0.29) is 0 Å². The summed E-state index contributed by atoms with van der Waals surface area (Å²) in [5.74, 6) is 0. The predicted octanol–water partition coefficient (Wildman–Crippen LogP) is 10.9. The van der Waals surface area contributed by atoms with Crippen molar-refractivity contribution in [2.45, 2.75) is 0 Å². The highest BCUT2D eigenvalue weighted by molar-refractivity contribution is 6.44. The Balaban J connectivity index is 1.53. The molecule has 0 radical (unpaired) electrons. The molecule has 0 fully saturated rings. The molecule has 0 atom stereocenters. The van der Waals surface area contributed by atoms with Gasteiger partial charge in [-0.25, -0.2) is 0 Å². The topological polar surface area (TPSA) is 0 Å². The molecule has 172 valence electrons. The van der Waals surface area contributed by atoms with Crippen LogP contribution < -0.4 is 0 Å². The minimum absolute atomic E-state index is 1.30. The molecule has 0 aliphatic carbocycles. The van der Waals surface area contributed by atoms with Crippen LogP contribution in [-0.4, -0.2) is 0 Å². The fourth-order valence-corrected chi connectivity index (χ4v) is 7.58. The largest absolute Gasteiger partial charge is 0.0616 e. The molecule has 0 aromatic heterocycles. The zero-order valence-electron chi connectivity index (χ0n) is 20.5. The summed E-state index contributed by atoms with van der Waals surface area (Å²) in [5, 5.41) is 24.4. The van der Waals surface area contributed by atoms with Crippen LogP contribution in [-0.2, 0) is 0 Å². The van der Waals surface area contributed by atoms with Gasteiger partial charge < -0.3 is 0 Å². The van der Waals surface area contributed by atoms with Crippen molar-refractivity contribution < 1.29 is 0 Å². The van der Waals surface area contributed by atoms with E-state index in [4.69, 9.17) is 0 Å². The molecule has 10 aromatic carbocycles. The van der Waals surface area contributed by atoms with E-state index in [1.807, 2.05) is 0 Å². The van der Waals surface area contributed by atoms with Crippen LogP contribution >= 0.6 is 0 Å². The van der Waals surface area contributed by atoms with E-state index in [2.05, 4.69) is 121 Å². The predicted molar refractivity (Wildman–Crippen MR) is 166 cm³/mol. The molecule has 0 bridgehead atoms. The molecule has 10 aromatic rings. The first-order valence-corrected chi connectivity index (χ1v) is 13.4. The standard InChI is InChI=1S/C38H20/c1-3-9-23-21(7-1)15-17-29-25-11-5-13-27-32-20-34-36-24-10-4-2-8-22(24)16-18-30(36)26-12-6-14-28(38(26)34)31(32)19-33(35(23)29)37(25)27/h1-20H. The van der Waals surface area contributed by atoms with Gasteiger partial charge >= 0.3 is 0 Å². The van der Waals surface area contributed by atoms with Gasteiger partial charge in [-0.2, -0.15) is 0 Å². The lowest BCUT2D eigenvalue weighted by Gasteiger charge is -2.10. The average molecular weight is 477 g/mol. The quantitative estimate of drug-likeness (QED) is 0.191. The zero-order chi connectivity index (χ0) is 24.5. The third kappa shape index (κ3) is 2.12. The Kier molecular flexibility index (Phi) is 3.28. The van der Waals surface area contributed by atoms with Crippen LogP contribution in [0.2, 0.25) is 0 Å². The Morgan fingerprint density at radius 3 is 1.03 bits per heavy atom. The first-order chi connectivity index (χ1) is 18.9. The van der Waals surface area contributed by atoms with Crippen LogP contribution in [0.4, 0.5) is 0 Å². The number of fused-ring (bicyclic) bond motifs is 13. The summed E-state index contributed by atoms with van der Waals surface area (Å²) >= 11 is 0. The third-order valence-electron chi connectivity index (χ3n) is 9.09. The van der Waals surface area contributed by atoms with E-state index >= 15 is 0 Å². The van der Waals surface area contributed by atoms with Gasteiger partial charge in [0.05, 0.1) is 0 Å². The second-order valence-corrected chi connectivity index (χ2v) is 10.8. The Morgan fingerprint density at radius 2 is 0.553 bits per heavy atom. The maximum atomic E-state index is 2.49. The number of rotatable bonds is 0. The summed E-state index contributed by atoms with van der Waals surface area (Å²) in [6.45, 7) is 0. The van der Waals surface area contributed by atoms with Gasteiger partial charge in [0.25, 0.3) is 0 Å². The van der Waals surface area contributed by atoms with Gasteiger partial charge in [0.1, 0.15) is 0 Å². The maximum Gasteiger partial charge on any atom is -0.00197 e. The first kappa shape index (κ1) is 19.2. The number of benzene rings is 8. The second-order valence-electron chi connectivity index (χ2n) is 10.8. The molecule has 38 heavy (non-hydrogen) atoms. The zero-order valence-corrected chi connectivity index (χ0v) is 20.5. The lowest BCUT2D eigenvalue weighted by molar-refractivity contribution is 1.81.